The number of para-hydroxylation sites is 1. The van der Waals surface area contributed by atoms with Gasteiger partial charge >= 0.3 is 0 Å². The van der Waals surface area contributed by atoms with Gasteiger partial charge in [0.2, 0.25) is 0 Å². The Hall–Kier alpha value is -1.32. The first kappa shape index (κ1) is 14.6. The fraction of sp³-hybridized carbons (Fsp3) is 0.556. The fourth-order valence-corrected chi connectivity index (χ4v) is 3.65. The highest BCUT2D eigenvalue weighted by molar-refractivity contribution is 5.81. The van der Waals surface area contributed by atoms with E-state index >= 15 is 0 Å². The summed E-state index contributed by atoms with van der Waals surface area (Å²) in [5.41, 5.74) is 8.57. The number of ether oxygens (including phenoxy) is 1. The molecule has 1 aromatic carbocycles. The third-order valence-electron chi connectivity index (χ3n) is 4.83. The van der Waals surface area contributed by atoms with Gasteiger partial charge in [0.15, 0.2) is 0 Å². The minimum atomic E-state index is -0.190. The molecular formula is C18H25NO2. The van der Waals surface area contributed by atoms with E-state index < -0.39 is 0 Å². The second-order valence-electron chi connectivity index (χ2n) is 6.27. The second kappa shape index (κ2) is 6.20. The summed E-state index contributed by atoms with van der Waals surface area (Å²) < 4.78 is 11.8. The van der Waals surface area contributed by atoms with Gasteiger partial charge in [-0.2, -0.15) is 0 Å². The van der Waals surface area contributed by atoms with Crippen molar-refractivity contribution in [1.29, 1.82) is 0 Å². The maximum atomic E-state index is 6.48. The van der Waals surface area contributed by atoms with E-state index in [9.17, 15) is 0 Å². The quantitative estimate of drug-likeness (QED) is 0.910. The van der Waals surface area contributed by atoms with Crippen molar-refractivity contribution in [2.75, 3.05) is 7.11 Å². The van der Waals surface area contributed by atoms with Gasteiger partial charge in [0.25, 0.3) is 0 Å². The van der Waals surface area contributed by atoms with Crippen LogP contribution in [0.2, 0.25) is 0 Å². The number of fused-ring (bicyclic) bond motifs is 1. The Morgan fingerprint density at radius 3 is 2.67 bits per heavy atom. The number of benzene rings is 1. The van der Waals surface area contributed by atoms with Gasteiger partial charge in [0, 0.05) is 12.5 Å². The van der Waals surface area contributed by atoms with E-state index in [1.54, 1.807) is 7.11 Å². The minimum Gasteiger partial charge on any atom is -0.459 e. The molecule has 1 aliphatic carbocycles. The summed E-state index contributed by atoms with van der Waals surface area (Å²) in [6.45, 7) is 2.07. The zero-order chi connectivity index (χ0) is 14.8. The van der Waals surface area contributed by atoms with Crippen LogP contribution in [0.3, 0.4) is 0 Å². The van der Waals surface area contributed by atoms with Crippen LogP contribution < -0.4 is 5.73 Å². The Bertz CT molecular complexity index is 598. The second-order valence-corrected chi connectivity index (χ2v) is 6.27. The van der Waals surface area contributed by atoms with Crippen molar-refractivity contribution in [1.82, 2.24) is 0 Å². The Labute approximate surface area is 126 Å². The molecule has 1 saturated carbocycles. The average Bonchev–Trinajstić information content (AvgIpc) is 2.95. The summed E-state index contributed by atoms with van der Waals surface area (Å²) in [5, 5.41) is 1.12. The van der Waals surface area contributed by atoms with Crippen molar-refractivity contribution in [3.8, 4) is 0 Å². The summed E-state index contributed by atoms with van der Waals surface area (Å²) in [4.78, 5) is 0. The summed E-state index contributed by atoms with van der Waals surface area (Å²) in [6.07, 6.45) is 6.39. The molecule has 0 radical (unpaired) electrons. The van der Waals surface area contributed by atoms with Crippen LogP contribution in [-0.2, 0) is 4.74 Å². The van der Waals surface area contributed by atoms with Crippen LogP contribution in [0.15, 0.2) is 28.7 Å². The molecule has 21 heavy (non-hydrogen) atoms. The van der Waals surface area contributed by atoms with E-state index in [-0.39, 0.29) is 12.1 Å². The number of furan rings is 1. The van der Waals surface area contributed by atoms with Crippen molar-refractivity contribution in [2.45, 2.75) is 51.2 Å². The predicted molar refractivity (Wildman–Crippen MR) is 85.3 cm³/mol. The van der Waals surface area contributed by atoms with Gasteiger partial charge in [-0.05, 0) is 37.3 Å². The van der Waals surface area contributed by atoms with Crippen LogP contribution in [-0.4, -0.2) is 13.2 Å². The standard InChI is InChI=1S/C18H25NO2/c1-12-7-6-10-14-11-15(21-17(12)14)16(19)18(20-2)13-8-4-3-5-9-13/h6-7,10-11,13,16,18H,3-5,8-9,19H2,1-2H3. The summed E-state index contributed by atoms with van der Waals surface area (Å²) in [5.74, 6) is 1.39. The zero-order valence-electron chi connectivity index (χ0n) is 13.0. The molecule has 3 heteroatoms. The molecule has 1 heterocycles. The Balaban J connectivity index is 1.87. The number of nitrogens with two attached hydrogens (primary N) is 1. The summed E-state index contributed by atoms with van der Waals surface area (Å²) in [7, 11) is 1.77. The van der Waals surface area contributed by atoms with Gasteiger partial charge < -0.3 is 14.9 Å². The van der Waals surface area contributed by atoms with Gasteiger partial charge in [-0.15, -0.1) is 0 Å². The average molecular weight is 287 g/mol. The molecule has 3 rings (SSSR count). The molecule has 2 unspecified atom stereocenters. The molecule has 0 aliphatic heterocycles. The molecule has 1 aliphatic rings. The number of rotatable bonds is 4. The number of aryl methyl sites for hydroxylation is 1. The van der Waals surface area contributed by atoms with Gasteiger partial charge in [-0.3, -0.25) is 0 Å². The Morgan fingerprint density at radius 1 is 1.24 bits per heavy atom. The first-order chi connectivity index (χ1) is 10.2. The van der Waals surface area contributed by atoms with Crippen LogP contribution in [0.4, 0.5) is 0 Å². The highest BCUT2D eigenvalue weighted by Gasteiger charge is 2.31. The molecule has 1 fully saturated rings. The molecule has 0 spiro atoms. The lowest BCUT2D eigenvalue weighted by Gasteiger charge is -2.32. The summed E-state index contributed by atoms with van der Waals surface area (Å²) in [6, 6.07) is 8.07. The lowest BCUT2D eigenvalue weighted by Crippen LogP contribution is -2.35. The van der Waals surface area contributed by atoms with Gasteiger partial charge in [-0.25, -0.2) is 0 Å². The predicted octanol–water partition coefficient (Wildman–Crippen LogP) is 4.34. The summed E-state index contributed by atoms with van der Waals surface area (Å²) >= 11 is 0. The van der Waals surface area contributed by atoms with Crippen molar-refractivity contribution in [3.05, 3.63) is 35.6 Å². The minimum absolute atomic E-state index is 0.0474. The van der Waals surface area contributed by atoms with E-state index in [0.717, 1.165) is 22.3 Å². The SMILES string of the molecule is COC(C1CCCCC1)C(N)c1cc2cccc(C)c2o1. The molecule has 0 amide bonds. The van der Waals surface area contributed by atoms with Crippen LogP contribution in [0, 0.1) is 12.8 Å². The first-order valence-corrected chi connectivity index (χ1v) is 7.98. The van der Waals surface area contributed by atoms with Gasteiger partial charge in [0.1, 0.15) is 11.3 Å². The smallest absolute Gasteiger partial charge is 0.137 e. The normalized spacial score (nSPS) is 19.8. The molecular weight excluding hydrogens is 262 g/mol. The van der Waals surface area contributed by atoms with Crippen molar-refractivity contribution >= 4 is 11.0 Å². The van der Waals surface area contributed by atoms with E-state index in [1.807, 2.05) is 0 Å². The van der Waals surface area contributed by atoms with Crippen LogP contribution in [0.25, 0.3) is 11.0 Å². The first-order valence-electron chi connectivity index (χ1n) is 7.98. The van der Waals surface area contributed by atoms with Crippen LogP contribution in [0.5, 0.6) is 0 Å². The number of methoxy groups -OCH3 is 1. The maximum absolute atomic E-state index is 6.48. The fourth-order valence-electron chi connectivity index (χ4n) is 3.65. The molecule has 114 valence electrons. The largest absolute Gasteiger partial charge is 0.459 e. The monoisotopic (exact) mass is 287 g/mol. The molecule has 2 aromatic rings. The molecule has 1 aromatic heterocycles. The van der Waals surface area contributed by atoms with E-state index in [4.69, 9.17) is 14.9 Å². The molecule has 0 saturated heterocycles. The highest BCUT2D eigenvalue weighted by Crippen LogP contribution is 2.35. The van der Waals surface area contributed by atoms with Crippen LogP contribution >= 0.6 is 0 Å². The van der Waals surface area contributed by atoms with Gasteiger partial charge in [0.05, 0.1) is 12.1 Å². The van der Waals surface area contributed by atoms with Crippen molar-refractivity contribution in [2.24, 2.45) is 11.7 Å². The van der Waals surface area contributed by atoms with Gasteiger partial charge in [-0.1, -0.05) is 37.5 Å². The number of hydrogen-bond acceptors (Lipinski definition) is 3. The molecule has 2 atom stereocenters. The molecule has 3 nitrogen and oxygen atoms in total. The lowest BCUT2D eigenvalue weighted by molar-refractivity contribution is 0.0129. The lowest BCUT2D eigenvalue weighted by atomic mass is 9.82. The molecule has 2 N–H and O–H groups in total. The van der Waals surface area contributed by atoms with Crippen molar-refractivity contribution in [3.63, 3.8) is 0 Å². The van der Waals surface area contributed by atoms with E-state index in [1.165, 1.54) is 32.1 Å². The van der Waals surface area contributed by atoms with E-state index in [0.29, 0.717) is 5.92 Å². The van der Waals surface area contributed by atoms with E-state index in [2.05, 4.69) is 31.2 Å². The Morgan fingerprint density at radius 2 is 2.00 bits per heavy atom. The topological polar surface area (TPSA) is 48.4 Å². The van der Waals surface area contributed by atoms with Crippen molar-refractivity contribution < 1.29 is 9.15 Å². The third kappa shape index (κ3) is 2.85. The maximum Gasteiger partial charge on any atom is 0.137 e. The Kier molecular flexibility index (Phi) is 4.32. The van der Waals surface area contributed by atoms with Crippen LogP contribution in [0.1, 0.15) is 49.5 Å². The number of hydrogen-bond donors (Lipinski definition) is 1. The third-order valence-corrected chi connectivity index (χ3v) is 4.83. The highest BCUT2D eigenvalue weighted by atomic mass is 16.5. The molecule has 0 bridgehead atoms. The zero-order valence-corrected chi connectivity index (χ0v) is 13.0.